The van der Waals surface area contributed by atoms with Crippen LogP contribution in [-0.4, -0.2) is 64.0 Å². The highest BCUT2D eigenvalue weighted by atomic mass is 16.7. The molecule has 0 radical (unpaired) electrons. The first-order valence-electron chi connectivity index (χ1n) is 16.7. The number of amides is 2. The molecule has 3 aromatic carbocycles. The van der Waals surface area contributed by atoms with Gasteiger partial charge in [0.25, 0.3) is 0 Å². The Kier molecular flexibility index (Phi) is 12.9. The fourth-order valence-electron chi connectivity index (χ4n) is 6.29. The zero-order chi connectivity index (χ0) is 33.0. The van der Waals surface area contributed by atoms with Crippen LogP contribution in [0, 0.1) is 0 Å². The summed E-state index contributed by atoms with van der Waals surface area (Å²) in [5.41, 5.74) is 7.50. The van der Waals surface area contributed by atoms with E-state index in [1.807, 2.05) is 48.5 Å². The number of carbonyl (C=O) groups is 2. The Bertz CT molecular complexity index is 1450. The molecular formula is C37H47N3O7. The number of unbranched alkanes of at least 4 members (excludes halogenated alkanes) is 3. The number of hydroxylamine groups is 1. The van der Waals surface area contributed by atoms with E-state index >= 15 is 0 Å². The zero-order valence-corrected chi connectivity index (χ0v) is 26.9. The maximum absolute atomic E-state index is 12.4. The number of carbonyl (C=O) groups excluding carboxylic acids is 2. The SMILES string of the molecule is O=C(CCCCCCC(=O)NCc1cccc(-c2cccc(C3OC(CN4CCC(O)C4)CC(c4ccc(CO)cc4)O3)c2)c1)NO. The minimum atomic E-state index is -0.571. The van der Waals surface area contributed by atoms with Crippen LogP contribution in [0.15, 0.2) is 72.8 Å². The number of likely N-dealkylation sites (tertiary alicyclic amines) is 1. The van der Waals surface area contributed by atoms with Crippen molar-refractivity contribution in [3.8, 4) is 11.1 Å². The predicted octanol–water partition coefficient (Wildman–Crippen LogP) is 4.92. The van der Waals surface area contributed by atoms with E-state index in [0.29, 0.717) is 32.4 Å². The number of β-amino-alcohol motifs (C(OH)–C–C–N with tert-alkyl or cyclic N) is 1. The fraction of sp³-hybridized carbons (Fsp3) is 0.459. The molecule has 2 aliphatic heterocycles. The lowest BCUT2D eigenvalue weighted by Gasteiger charge is -2.38. The van der Waals surface area contributed by atoms with Gasteiger partial charge in [0.15, 0.2) is 6.29 Å². The van der Waals surface area contributed by atoms with E-state index in [-0.39, 0.29) is 43.2 Å². The molecule has 2 heterocycles. The highest BCUT2D eigenvalue weighted by Gasteiger charge is 2.34. The third kappa shape index (κ3) is 10.4. The number of aliphatic hydroxyl groups is 2. The van der Waals surface area contributed by atoms with Gasteiger partial charge in [0.05, 0.1) is 24.9 Å². The molecule has 0 saturated carbocycles. The van der Waals surface area contributed by atoms with Gasteiger partial charge < -0.3 is 25.0 Å². The van der Waals surface area contributed by atoms with Gasteiger partial charge in [-0.25, -0.2) is 5.48 Å². The van der Waals surface area contributed by atoms with Crippen LogP contribution in [0.5, 0.6) is 0 Å². The first-order valence-corrected chi connectivity index (χ1v) is 16.7. The van der Waals surface area contributed by atoms with Gasteiger partial charge >= 0.3 is 0 Å². The summed E-state index contributed by atoms with van der Waals surface area (Å²) in [6.07, 6.45) is 4.19. The predicted molar refractivity (Wildman–Crippen MR) is 177 cm³/mol. The molecule has 0 bridgehead atoms. The Morgan fingerprint density at radius 2 is 1.55 bits per heavy atom. The van der Waals surface area contributed by atoms with E-state index < -0.39 is 6.29 Å². The summed E-state index contributed by atoms with van der Waals surface area (Å²) in [5.74, 6) is -0.387. The summed E-state index contributed by atoms with van der Waals surface area (Å²) in [5, 5.41) is 31.1. The maximum Gasteiger partial charge on any atom is 0.243 e. The number of nitrogens with one attached hydrogen (secondary N) is 2. The van der Waals surface area contributed by atoms with Crippen LogP contribution in [0.2, 0.25) is 0 Å². The Balaban J connectivity index is 1.21. The molecule has 2 saturated heterocycles. The molecule has 2 fully saturated rings. The van der Waals surface area contributed by atoms with Gasteiger partial charge in [-0.15, -0.1) is 0 Å². The monoisotopic (exact) mass is 645 g/mol. The first kappa shape index (κ1) is 34.7. The van der Waals surface area contributed by atoms with E-state index in [2.05, 4.69) is 34.5 Å². The van der Waals surface area contributed by atoms with Crippen molar-refractivity contribution in [1.82, 2.24) is 15.7 Å². The molecule has 4 atom stereocenters. The summed E-state index contributed by atoms with van der Waals surface area (Å²) in [6, 6.07) is 24.2. The number of rotatable bonds is 15. The summed E-state index contributed by atoms with van der Waals surface area (Å²) in [6.45, 7) is 2.65. The number of hydrogen-bond donors (Lipinski definition) is 5. The van der Waals surface area contributed by atoms with Gasteiger partial charge in [-0.2, -0.15) is 0 Å². The highest BCUT2D eigenvalue weighted by Crippen LogP contribution is 2.39. The Morgan fingerprint density at radius 1 is 0.830 bits per heavy atom. The Hall–Kier alpha value is -3.64. The van der Waals surface area contributed by atoms with Gasteiger partial charge in [0, 0.05) is 51.0 Å². The Labute approximate surface area is 276 Å². The Morgan fingerprint density at radius 3 is 2.26 bits per heavy atom. The number of ether oxygens (including phenoxy) is 2. The molecule has 0 aliphatic carbocycles. The molecule has 2 aliphatic rings. The van der Waals surface area contributed by atoms with Crippen LogP contribution in [-0.2, 0) is 32.2 Å². The van der Waals surface area contributed by atoms with E-state index in [1.165, 1.54) is 0 Å². The van der Waals surface area contributed by atoms with Gasteiger partial charge in [-0.3, -0.25) is 19.7 Å². The average Bonchev–Trinajstić information content (AvgIpc) is 3.52. The lowest BCUT2D eigenvalue weighted by molar-refractivity contribution is -0.252. The van der Waals surface area contributed by atoms with Crippen molar-refractivity contribution < 1.29 is 34.5 Å². The molecule has 0 spiro atoms. The van der Waals surface area contributed by atoms with Crippen LogP contribution in [0.25, 0.3) is 11.1 Å². The smallest absolute Gasteiger partial charge is 0.243 e. The van der Waals surface area contributed by atoms with Gasteiger partial charge in [0.1, 0.15) is 0 Å². The van der Waals surface area contributed by atoms with Crippen molar-refractivity contribution >= 4 is 11.8 Å². The van der Waals surface area contributed by atoms with E-state index in [0.717, 1.165) is 72.2 Å². The third-order valence-electron chi connectivity index (χ3n) is 8.92. The molecule has 2 amide bonds. The lowest BCUT2D eigenvalue weighted by Crippen LogP contribution is -2.38. The molecule has 10 heteroatoms. The molecule has 10 nitrogen and oxygen atoms in total. The van der Waals surface area contributed by atoms with Crippen molar-refractivity contribution in [2.75, 3.05) is 19.6 Å². The van der Waals surface area contributed by atoms with Crippen molar-refractivity contribution in [3.05, 3.63) is 95.1 Å². The number of nitrogens with zero attached hydrogens (tertiary/aromatic N) is 1. The summed E-state index contributed by atoms with van der Waals surface area (Å²) in [4.78, 5) is 25.8. The van der Waals surface area contributed by atoms with Crippen LogP contribution >= 0.6 is 0 Å². The first-order chi connectivity index (χ1) is 22.9. The average molecular weight is 646 g/mol. The normalized spacial score (nSPS) is 21.4. The number of aliphatic hydroxyl groups excluding tert-OH is 2. The van der Waals surface area contributed by atoms with Crippen molar-refractivity contribution in [1.29, 1.82) is 0 Å². The lowest BCUT2D eigenvalue weighted by atomic mass is 9.98. The summed E-state index contributed by atoms with van der Waals surface area (Å²) < 4.78 is 13.1. The highest BCUT2D eigenvalue weighted by molar-refractivity contribution is 5.76. The van der Waals surface area contributed by atoms with Crippen LogP contribution in [0.4, 0.5) is 0 Å². The van der Waals surface area contributed by atoms with Crippen molar-refractivity contribution in [2.24, 2.45) is 0 Å². The van der Waals surface area contributed by atoms with Crippen LogP contribution in [0.1, 0.15) is 86.0 Å². The standard InChI is InChI=1S/C37H47N3O7/c41-25-26-13-15-28(16-14-26)34-21-33(24-40-18-17-32(42)23-40)46-37(47-34)31-10-6-9-30(20-31)29-8-5-7-27(19-29)22-38-35(43)11-3-1-2-4-12-36(44)39-45/h5-10,13-16,19-20,32-34,37,41-42,45H,1-4,11-12,17-18,21-25H2,(H,38,43)(H,39,44). The molecule has 47 heavy (non-hydrogen) atoms. The van der Waals surface area contributed by atoms with Crippen LogP contribution in [0.3, 0.4) is 0 Å². The van der Waals surface area contributed by atoms with Gasteiger partial charge in [-0.1, -0.05) is 73.5 Å². The number of benzene rings is 3. The minimum Gasteiger partial charge on any atom is -0.392 e. The summed E-state index contributed by atoms with van der Waals surface area (Å²) in [7, 11) is 0. The second-order valence-corrected chi connectivity index (χ2v) is 12.6. The molecule has 3 aromatic rings. The van der Waals surface area contributed by atoms with E-state index in [9.17, 15) is 19.8 Å². The third-order valence-corrected chi connectivity index (χ3v) is 8.92. The van der Waals surface area contributed by atoms with Gasteiger partial charge in [-0.05, 0) is 59.2 Å². The summed E-state index contributed by atoms with van der Waals surface area (Å²) >= 11 is 0. The molecular weight excluding hydrogens is 598 g/mol. The fourth-order valence-corrected chi connectivity index (χ4v) is 6.29. The van der Waals surface area contributed by atoms with E-state index in [1.54, 1.807) is 5.48 Å². The molecule has 5 rings (SSSR count). The second-order valence-electron chi connectivity index (χ2n) is 12.6. The van der Waals surface area contributed by atoms with Crippen molar-refractivity contribution in [3.63, 3.8) is 0 Å². The topological polar surface area (TPSA) is 141 Å². The van der Waals surface area contributed by atoms with E-state index in [4.69, 9.17) is 14.7 Å². The van der Waals surface area contributed by atoms with Gasteiger partial charge in [0.2, 0.25) is 11.8 Å². The largest absolute Gasteiger partial charge is 0.392 e. The van der Waals surface area contributed by atoms with Crippen LogP contribution < -0.4 is 10.8 Å². The molecule has 0 aromatic heterocycles. The molecule has 252 valence electrons. The maximum atomic E-state index is 12.4. The second kappa shape index (κ2) is 17.5. The minimum absolute atomic E-state index is 0.00403. The quantitative estimate of drug-likeness (QED) is 0.0892. The molecule has 5 N–H and O–H groups in total. The zero-order valence-electron chi connectivity index (χ0n) is 26.9. The van der Waals surface area contributed by atoms with Crippen molar-refractivity contribution in [2.45, 2.75) is 89.1 Å². The molecule has 4 unspecified atom stereocenters. The number of hydrogen-bond acceptors (Lipinski definition) is 8.